The Morgan fingerprint density at radius 3 is 2.52 bits per heavy atom. The highest BCUT2D eigenvalue weighted by Gasteiger charge is 2.14. The maximum atomic E-state index is 13.1. The number of aromatic nitrogens is 1. The fourth-order valence-electron chi connectivity index (χ4n) is 4.03. The summed E-state index contributed by atoms with van der Waals surface area (Å²) in [5.74, 6) is 1.37. The molecule has 6 nitrogen and oxygen atoms in total. The van der Waals surface area contributed by atoms with Gasteiger partial charge in [-0.25, -0.2) is 4.98 Å². The number of carbonyl (C=O) groups excluding carboxylic acids is 1. The van der Waals surface area contributed by atoms with Crippen LogP contribution in [0.2, 0.25) is 0 Å². The van der Waals surface area contributed by atoms with E-state index in [9.17, 15) is 4.79 Å². The van der Waals surface area contributed by atoms with Crippen molar-refractivity contribution in [3.63, 3.8) is 0 Å². The van der Waals surface area contributed by atoms with E-state index in [-0.39, 0.29) is 5.91 Å². The van der Waals surface area contributed by atoms with Crippen molar-refractivity contribution in [3.8, 4) is 5.75 Å². The molecule has 1 amide bonds. The molecule has 4 rings (SSSR count). The number of rotatable bonds is 7. The van der Waals surface area contributed by atoms with E-state index >= 15 is 0 Å². The quantitative estimate of drug-likeness (QED) is 0.587. The van der Waals surface area contributed by atoms with Crippen molar-refractivity contribution in [2.24, 2.45) is 0 Å². The minimum Gasteiger partial charge on any atom is -0.497 e. The number of nitrogens with one attached hydrogen (secondary N) is 2. The van der Waals surface area contributed by atoms with Crippen LogP contribution in [0.5, 0.6) is 5.75 Å². The summed E-state index contributed by atoms with van der Waals surface area (Å²) in [5, 5.41) is 7.27. The Kier molecular flexibility index (Phi) is 6.99. The first-order valence-electron chi connectivity index (χ1n) is 11.0. The lowest BCUT2D eigenvalue weighted by molar-refractivity contribution is 0.0950. The number of anilines is 2. The lowest BCUT2D eigenvalue weighted by Crippen LogP contribution is -2.35. The van der Waals surface area contributed by atoms with Crippen LogP contribution in [0.15, 0.2) is 54.6 Å². The fourth-order valence-corrected chi connectivity index (χ4v) is 4.03. The molecule has 1 aliphatic rings. The summed E-state index contributed by atoms with van der Waals surface area (Å²) in [6.45, 7) is 3.80. The van der Waals surface area contributed by atoms with Crippen LogP contribution in [0, 0.1) is 0 Å². The predicted octanol–water partition coefficient (Wildman–Crippen LogP) is 4.59. The van der Waals surface area contributed by atoms with E-state index < -0.39 is 0 Å². The number of pyridine rings is 1. The average Bonchev–Trinajstić information content (AvgIpc) is 3.08. The second-order valence-corrected chi connectivity index (χ2v) is 7.94. The van der Waals surface area contributed by atoms with Crippen molar-refractivity contribution >= 4 is 28.3 Å². The molecule has 1 aromatic heterocycles. The zero-order valence-corrected chi connectivity index (χ0v) is 18.1. The minimum atomic E-state index is -0.0637. The Balaban J connectivity index is 1.49. The standard InChI is InChI=1S/C25H30N4O2/c1-31-20-12-10-19(11-13-20)27-24-18-22(21-8-4-5-9-23(21)28-24)25(30)26-14-17-29-15-6-2-3-7-16-29/h4-5,8-13,18H,2-3,6-7,14-17H2,1H3,(H,26,30)(H,27,28). The lowest BCUT2D eigenvalue weighted by atomic mass is 10.1. The Labute approximate surface area is 183 Å². The van der Waals surface area contributed by atoms with Gasteiger partial charge in [-0.1, -0.05) is 31.0 Å². The molecule has 1 saturated heterocycles. The van der Waals surface area contributed by atoms with Gasteiger partial charge in [0, 0.05) is 24.2 Å². The SMILES string of the molecule is COc1ccc(Nc2cc(C(=O)NCCN3CCCCCC3)c3ccccc3n2)cc1. The number of ether oxygens (including phenoxy) is 1. The highest BCUT2D eigenvalue weighted by atomic mass is 16.5. The van der Waals surface area contributed by atoms with Crippen molar-refractivity contribution in [1.29, 1.82) is 0 Å². The Hall–Kier alpha value is -3.12. The van der Waals surface area contributed by atoms with E-state index in [0.717, 1.165) is 42.0 Å². The summed E-state index contributed by atoms with van der Waals surface area (Å²) in [7, 11) is 1.64. The summed E-state index contributed by atoms with van der Waals surface area (Å²) in [6, 6.07) is 17.2. The van der Waals surface area contributed by atoms with Crippen LogP contribution in [0.3, 0.4) is 0 Å². The molecule has 162 valence electrons. The number of benzene rings is 2. The van der Waals surface area contributed by atoms with Crippen LogP contribution in [0.1, 0.15) is 36.0 Å². The zero-order valence-electron chi connectivity index (χ0n) is 18.1. The van der Waals surface area contributed by atoms with Crippen molar-refractivity contribution in [1.82, 2.24) is 15.2 Å². The van der Waals surface area contributed by atoms with Gasteiger partial charge in [-0.2, -0.15) is 0 Å². The highest BCUT2D eigenvalue weighted by molar-refractivity contribution is 6.07. The van der Waals surface area contributed by atoms with E-state index in [2.05, 4.69) is 20.5 Å². The summed E-state index contributed by atoms with van der Waals surface area (Å²) in [6.07, 6.45) is 5.14. The molecule has 0 aliphatic carbocycles. The van der Waals surface area contributed by atoms with E-state index in [4.69, 9.17) is 4.74 Å². The van der Waals surface area contributed by atoms with E-state index in [1.54, 1.807) is 7.11 Å². The second-order valence-electron chi connectivity index (χ2n) is 7.94. The van der Waals surface area contributed by atoms with Crippen LogP contribution in [-0.4, -0.2) is 49.1 Å². The smallest absolute Gasteiger partial charge is 0.252 e. The van der Waals surface area contributed by atoms with Gasteiger partial charge in [0.1, 0.15) is 11.6 Å². The number of hydrogen-bond donors (Lipinski definition) is 2. The normalized spacial score (nSPS) is 14.7. The van der Waals surface area contributed by atoms with E-state index in [1.807, 2.05) is 54.6 Å². The van der Waals surface area contributed by atoms with Gasteiger partial charge in [-0.3, -0.25) is 4.79 Å². The Bertz CT molecular complexity index is 1010. The van der Waals surface area contributed by atoms with Crippen LogP contribution in [-0.2, 0) is 0 Å². The molecule has 31 heavy (non-hydrogen) atoms. The third-order valence-corrected chi connectivity index (χ3v) is 5.74. The van der Waals surface area contributed by atoms with Crippen LogP contribution in [0.25, 0.3) is 10.9 Å². The number of amides is 1. The molecule has 1 fully saturated rings. The van der Waals surface area contributed by atoms with Crippen LogP contribution < -0.4 is 15.4 Å². The van der Waals surface area contributed by atoms with Crippen molar-refractivity contribution in [3.05, 3.63) is 60.2 Å². The maximum Gasteiger partial charge on any atom is 0.252 e. The number of para-hydroxylation sites is 1. The topological polar surface area (TPSA) is 66.5 Å². The van der Waals surface area contributed by atoms with Gasteiger partial charge in [-0.15, -0.1) is 0 Å². The van der Waals surface area contributed by atoms with Crippen LogP contribution in [0.4, 0.5) is 11.5 Å². The lowest BCUT2D eigenvalue weighted by Gasteiger charge is -2.20. The van der Waals surface area contributed by atoms with Gasteiger partial charge in [0.25, 0.3) is 5.91 Å². The van der Waals surface area contributed by atoms with Gasteiger partial charge in [0.05, 0.1) is 18.2 Å². The molecule has 0 unspecified atom stereocenters. The van der Waals surface area contributed by atoms with Gasteiger partial charge in [0.2, 0.25) is 0 Å². The Morgan fingerprint density at radius 1 is 1.03 bits per heavy atom. The maximum absolute atomic E-state index is 13.1. The number of methoxy groups -OCH3 is 1. The van der Waals surface area contributed by atoms with Gasteiger partial charge in [0.15, 0.2) is 0 Å². The minimum absolute atomic E-state index is 0.0637. The number of likely N-dealkylation sites (tertiary alicyclic amines) is 1. The Morgan fingerprint density at radius 2 is 1.77 bits per heavy atom. The van der Waals surface area contributed by atoms with Crippen molar-refractivity contribution in [2.75, 3.05) is 38.6 Å². The molecule has 0 radical (unpaired) electrons. The van der Waals surface area contributed by atoms with Gasteiger partial charge < -0.3 is 20.3 Å². The third-order valence-electron chi connectivity index (χ3n) is 5.74. The highest BCUT2D eigenvalue weighted by Crippen LogP contribution is 2.24. The van der Waals surface area contributed by atoms with E-state index in [0.29, 0.717) is 17.9 Å². The first-order chi connectivity index (χ1) is 15.2. The average molecular weight is 419 g/mol. The predicted molar refractivity (Wildman–Crippen MR) is 125 cm³/mol. The monoisotopic (exact) mass is 418 g/mol. The third kappa shape index (κ3) is 5.52. The first-order valence-corrected chi connectivity index (χ1v) is 11.0. The van der Waals surface area contributed by atoms with Crippen LogP contribution >= 0.6 is 0 Å². The van der Waals surface area contributed by atoms with Gasteiger partial charge in [-0.05, 0) is 62.3 Å². The molecule has 0 bridgehead atoms. The van der Waals surface area contributed by atoms with Crippen molar-refractivity contribution in [2.45, 2.75) is 25.7 Å². The molecule has 6 heteroatoms. The molecule has 2 N–H and O–H groups in total. The molecule has 2 aromatic carbocycles. The molecule has 0 spiro atoms. The summed E-state index contributed by atoms with van der Waals surface area (Å²) in [4.78, 5) is 20.2. The number of nitrogens with zero attached hydrogens (tertiary/aromatic N) is 2. The van der Waals surface area contributed by atoms with Gasteiger partial charge >= 0.3 is 0 Å². The molecular weight excluding hydrogens is 388 g/mol. The molecule has 3 aromatic rings. The van der Waals surface area contributed by atoms with E-state index in [1.165, 1.54) is 25.7 Å². The fraction of sp³-hybridized carbons (Fsp3) is 0.360. The molecular formula is C25H30N4O2. The molecule has 1 aliphatic heterocycles. The molecule has 0 atom stereocenters. The second kappa shape index (κ2) is 10.3. The summed E-state index contributed by atoms with van der Waals surface area (Å²) < 4.78 is 5.22. The number of fused-ring (bicyclic) bond motifs is 1. The largest absolute Gasteiger partial charge is 0.497 e. The molecule has 0 saturated carbocycles. The summed E-state index contributed by atoms with van der Waals surface area (Å²) >= 11 is 0. The summed E-state index contributed by atoms with van der Waals surface area (Å²) in [5.41, 5.74) is 2.31. The molecule has 2 heterocycles. The first kappa shape index (κ1) is 21.1. The number of hydrogen-bond acceptors (Lipinski definition) is 5. The van der Waals surface area contributed by atoms with Crippen molar-refractivity contribution < 1.29 is 9.53 Å². The zero-order chi connectivity index (χ0) is 21.5. The number of carbonyl (C=O) groups is 1.